The topological polar surface area (TPSA) is 75.7 Å². The number of methoxy groups -OCH3 is 1. The molecule has 140 valence electrons. The molecular weight excluding hydrogens is 383 g/mol. The van der Waals surface area contributed by atoms with Gasteiger partial charge in [0.05, 0.1) is 27.8 Å². The number of carbonyl (C=O) groups is 1. The maximum atomic E-state index is 13.0. The van der Waals surface area contributed by atoms with Crippen LogP contribution in [0.4, 0.5) is 10.1 Å². The zero-order valence-corrected chi connectivity index (χ0v) is 15.8. The number of amides is 1. The van der Waals surface area contributed by atoms with Gasteiger partial charge in [-0.3, -0.25) is 9.10 Å². The standard InChI is InChI=1S/C17H18ClFN2O4S/c1-21(13-5-3-12(19)4-6-13)26(23,24)14-7-8-16(18)15(11-14)17(22)20-9-10-25-2/h3-8,11H,9-10H2,1-2H3,(H,20,22). The number of nitrogens with one attached hydrogen (secondary N) is 1. The number of halogens is 2. The molecule has 0 fully saturated rings. The van der Waals surface area contributed by atoms with E-state index in [1.54, 1.807) is 0 Å². The molecule has 2 rings (SSSR count). The van der Waals surface area contributed by atoms with Crippen LogP contribution >= 0.6 is 11.6 Å². The summed E-state index contributed by atoms with van der Waals surface area (Å²) in [6, 6.07) is 8.89. The minimum Gasteiger partial charge on any atom is -0.383 e. The third-order valence-corrected chi connectivity index (χ3v) is 5.73. The molecule has 0 saturated carbocycles. The molecule has 0 aliphatic carbocycles. The van der Waals surface area contributed by atoms with E-state index in [9.17, 15) is 17.6 Å². The summed E-state index contributed by atoms with van der Waals surface area (Å²) < 4.78 is 44.5. The molecule has 0 saturated heterocycles. The molecule has 2 aromatic carbocycles. The van der Waals surface area contributed by atoms with Gasteiger partial charge >= 0.3 is 0 Å². The highest BCUT2D eigenvalue weighted by Crippen LogP contribution is 2.25. The SMILES string of the molecule is COCCNC(=O)c1cc(S(=O)(=O)N(C)c2ccc(F)cc2)ccc1Cl. The van der Waals surface area contributed by atoms with Gasteiger partial charge in [0.25, 0.3) is 15.9 Å². The molecule has 0 aromatic heterocycles. The van der Waals surface area contributed by atoms with Crippen molar-refractivity contribution in [1.29, 1.82) is 0 Å². The monoisotopic (exact) mass is 400 g/mol. The molecule has 0 spiro atoms. The van der Waals surface area contributed by atoms with Crippen LogP contribution in [-0.4, -0.2) is 41.6 Å². The fraction of sp³-hybridized carbons (Fsp3) is 0.235. The van der Waals surface area contributed by atoms with Gasteiger partial charge < -0.3 is 10.1 Å². The zero-order chi connectivity index (χ0) is 19.3. The number of anilines is 1. The fourth-order valence-electron chi connectivity index (χ4n) is 2.15. The van der Waals surface area contributed by atoms with Crippen LogP contribution in [0.5, 0.6) is 0 Å². The predicted octanol–water partition coefficient (Wildman–Crippen LogP) is 2.68. The summed E-state index contributed by atoms with van der Waals surface area (Å²) >= 11 is 6.03. The van der Waals surface area contributed by atoms with Crippen LogP contribution in [0.3, 0.4) is 0 Å². The van der Waals surface area contributed by atoms with E-state index < -0.39 is 21.7 Å². The van der Waals surface area contributed by atoms with Gasteiger partial charge in [0.2, 0.25) is 0 Å². The Balaban J connectivity index is 2.33. The molecule has 26 heavy (non-hydrogen) atoms. The summed E-state index contributed by atoms with van der Waals surface area (Å²) in [6.07, 6.45) is 0. The van der Waals surface area contributed by atoms with Gasteiger partial charge in [-0.25, -0.2) is 12.8 Å². The summed E-state index contributed by atoms with van der Waals surface area (Å²) in [5.41, 5.74) is 0.323. The smallest absolute Gasteiger partial charge is 0.264 e. The lowest BCUT2D eigenvalue weighted by atomic mass is 10.2. The van der Waals surface area contributed by atoms with Crippen molar-refractivity contribution >= 4 is 33.2 Å². The Kier molecular flexibility index (Phi) is 6.57. The van der Waals surface area contributed by atoms with Gasteiger partial charge in [-0.05, 0) is 42.5 Å². The summed E-state index contributed by atoms with van der Waals surface area (Å²) in [5, 5.41) is 2.72. The average Bonchev–Trinajstić information content (AvgIpc) is 2.62. The molecule has 2 aromatic rings. The van der Waals surface area contributed by atoms with Gasteiger partial charge in [-0.1, -0.05) is 11.6 Å². The first-order valence-corrected chi connectivity index (χ1v) is 9.40. The van der Waals surface area contributed by atoms with E-state index in [1.165, 1.54) is 44.5 Å². The molecule has 1 N–H and O–H groups in total. The number of hydrogen-bond acceptors (Lipinski definition) is 4. The van der Waals surface area contributed by atoms with Crippen molar-refractivity contribution in [2.45, 2.75) is 4.90 Å². The third kappa shape index (κ3) is 4.51. The van der Waals surface area contributed by atoms with Crippen LogP contribution in [0.2, 0.25) is 5.02 Å². The molecule has 0 radical (unpaired) electrons. The normalized spacial score (nSPS) is 11.2. The van der Waals surface area contributed by atoms with E-state index in [2.05, 4.69) is 5.32 Å². The number of sulfonamides is 1. The molecule has 9 heteroatoms. The molecule has 0 aliphatic rings. The van der Waals surface area contributed by atoms with Gasteiger partial charge in [0.15, 0.2) is 0 Å². The van der Waals surface area contributed by atoms with Gasteiger partial charge in [-0.15, -0.1) is 0 Å². The maximum absolute atomic E-state index is 13.0. The minimum absolute atomic E-state index is 0.0383. The van der Waals surface area contributed by atoms with Gasteiger partial charge in [-0.2, -0.15) is 0 Å². The van der Waals surface area contributed by atoms with Gasteiger partial charge in [0.1, 0.15) is 5.82 Å². The Morgan fingerprint density at radius 3 is 2.50 bits per heavy atom. The first-order valence-electron chi connectivity index (χ1n) is 7.58. The van der Waals surface area contributed by atoms with E-state index >= 15 is 0 Å². The molecule has 0 heterocycles. The average molecular weight is 401 g/mol. The van der Waals surface area contributed by atoms with E-state index in [-0.39, 0.29) is 27.7 Å². The first kappa shape index (κ1) is 20.2. The highest BCUT2D eigenvalue weighted by atomic mass is 35.5. The number of carbonyl (C=O) groups excluding carboxylic acids is 1. The molecule has 0 aliphatic heterocycles. The Labute approximate surface area is 156 Å². The van der Waals surface area contributed by atoms with Crippen molar-refractivity contribution < 1.29 is 22.3 Å². The lowest BCUT2D eigenvalue weighted by molar-refractivity contribution is 0.0937. The number of nitrogens with zero attached hydrogens (tertiary/aromatic N) is 1. The molecule has 0 unspecified atom stereocenters. The molecule has 1 amide bonds. The van der Waals surface area contributed by atoms with Crippen LogP contribution in [-0.2, 0) is 14.8 Å². The van der Waals surface area contributed by atoms with Crippen molar-refractivity contribution in [3.63, 3.8) is 0 Å². The minimum atomic E-state index is -3.96. The highest BCUT2D eigenvalue weighted by molar-refractivity contribution is 7.92. The van der Waals surface area contributed by atoms with E-state index in [4.69, 9.17) is 16.3 Å². The molecular formula is C17H18ClFN2O4S. The Hall–Kier alpha value is -2.16. The van der Waals surface area contributed by atoms with Crippen LogP contribution in [0.25, 0.3) is 0 Å². The summed E-state index contributed by atoms with van der Waals surface area (Å²) in [5.74, 6) is -0.977. The summed E-state index contributed by atoms with van der Waals surface area (Å²) in [4.78, 5) is 12.1. The summed E-state index contributed by atoms with van der Waals surface area (Å²) in [6.45, 7) is 0.576. The van der Waals surface area contributed by atoms with Crippen LogP contribution in [0.15, 0.2) is 47.4 Å². The van der Waals surface area contributed by atoms with Gasteiger partial charge in [0, 0.05) is 20.7 Å². The van der Waals surface area contributed by atoms with E-state index in [1.807, 2.05) is 0 Å². The second-order valence-electron chi connectivity index (χ2n) is 5.34. The number of hydrogen-bond donors (Lipinski definition) is 1. The predicted molar refractivity (Wildman–Crippen MR) is 97.7 cm³/mol. The zero-order valence-electron chi connectivity index (χ0n) is 14.2. The third-order valence-electron chi connectivity index (χ3n) is 3.62. The second kappa shape index (κ2) is 8.48. The lowest BCUT2D eigenvalue weighted by Crippen LogP contribution is -2.29. The fourth-order valence-corrected chi connectivity index (χ4v) is 3.57. The molecule has 6 nitrogen and oxygen atoms in total. The maximum Gasteiger partial charge on any atom is 0.264 e. The summed E-state index contributed by atoms with van der Waals surface area (Å²) in [7, 11) is -1.11. The second-order valence-corrected chi connectivity index (χ2v) is 7.72. The largest absolute Gasteiger partial charge is 0.383 e. The van der Waals surface area contributed by atoms with Crippen LogP contribution in [0.1, 0.15) is 10.4 Å². The van der Waals surface area contributed by atoms with E-state index in [0.717, 1.165) is 16.4 Å². The first-order chi connectivity index (χ1) is 12.3. The van der Waals surface area contributed by atoms with Crippen molar-refractivity contribution in [1.82, 2.24) is 5.32 Å². The highest BCUT2D eigenvalue weighted by Gasteiger charge is 2.23. The van der Waals surface area contributed by atoms with Crippen LogP contribution in [0, 0.1) is 5.82 Å². The van der Waals surface area contributed by atoms with E-state index in [0.29, 0.717) is 6.61 Å². The number of benzene rings is 2. The lowest BCUT2D eigenvalue weighted by Gasteiger charge is -2.20. The number of ether oxygens (including phenoxy) is 1. The number of rotatable bonds is 7. The Bertz CT molecular complexity index is 888. The van der Waals surface area contributed by atoms with Crippen molar-refractivity contribution in [3.05, 3.63) is 58.9 Å². The van der Waals surface area contributed by atoms with Crippen molar-refractivity contribution in [3.8, 4) is 0 Å². The van der Waals surface area contributed by atoms with Crippen LogP contribution < -0.4 is 9.62 Å². The molecule has 0 atom stereocenters. The van der Waals surface area contributed by atoms with Crippen molar-refractivity contribution in [2.24, 2.45) is 0 Å². The quantitative estimate of drug-likeness (QED) is 0.725. The molecule has 0 bridgehead atoms. The van der Waals surface area contributed by atoms with Crippen molar-refractivity contribution in [2.75, 3.05) is 31.6 Å². The Morgan fingerprint density at radius 1 is 1.23 bits per heavy atom. The Morgan fingerprint density at radius 2 is 1.88 bits per heavy atom.